The molecule has 8 nitrogen and oxygen atoms in total. The Morgan fingerprint density at radius 1 is 1.06 bits per heavy atom. The van der Waals surface area contributed by atoms with E-state index in [9.17, 15) is 14.0 Å². The minimum Gasteiger partial charge on any atom is -0.495 e. The van der Waals surface area contributed by atoms with Crippen molar-refractivity contribution in [1.29, 1.82) is 0 Å². The molecule has 5 rings (SSSR count). The van der Waals surface area contributed by atoms with Gasteiger partial charge in [0.05, 0.1) is 30.4 Å². The molecule has 0 aliphatic carbocycles. The van der Waals surface area contributed by atoms with Gasteiger partial charge in [0.25, 0.3) is 11.5 Å². The van der Waals surface area contributed by atoms with Gasteiger partial charge in [-0.1, -0.05) is 30.3 Å². The third-order valence-electron chi connectivity index (χ3n) is 5.48. The molecule has 0 atom stereocenters. The number of nitrogens with zero attached hydrogens (tertiary/aromatic N) is 4. The molecule has 0 radical (unpaired) electrons. The summed E-state index contributed by atoms with van der Waals surface area (Å²) in [5, 5.41) is 7.05. The van der Waals surface area contributed by atoms with Gasteiger partial charge in [-0.05, 0) is 54.4 Å². The smallest absolute Gasteiger partial charge is 0.296 e. The number of methoxy groups -OCH3 is 1. The number of halogens is 1. The first-order valence-corrected chi connectivity index (χ1v) is 10.5. The summed E-state index contributed by atoms with van der Waals surface area (Å²) in [6.45, 7) is 2.05. The van der Waals surface area contributed by atoms with E-state index in [0.717, 1.165) is 5.56 Å². The first-order chi connectivity index (χ1) is 16.4. The molecule has 0 aliphatic heterocycles. The van der Waals surface area contributed by atoms with Gasteiger partial charge in [-0.25, -0.2) is 8.91 Å². The second-order valence-electron chi connectivity index (χ2n) is 7.84. The minimum absolute atomic E-state index is 0.00191. The maximum absolute atomic E-state index is 13.8. The van der Waals surface area contributed by atoms with E-state index < -0.39 is 11.5 Å². The van der Waals surface area contributed by atoms with Gasteiger partial charge >= 0.3 is 0 Å². The number of hydrogen-bond donors (Lipinski definition) is 1. The lowest BCUT2D eigenvalue weighted by molar-refractivity contribution is 0.101. The van der Waals surface area contributed by atoms with E-state index in [4.69, 9.17) is 4.74 Å². The van der Waals surface area contributed by atoms with Crippen molar-refractivity contribution in [2.45, 2.75) is 13.5 Å². The van der Waals surface area contributed by atoms with Crippen LogP contribution in [0, 0.1) is 12.7 Å². The van der Waals surface area contributed by atoms with Crippen LogP contribution in [0.5, 0.6) is 5.75 Å². The monoisotopic (exact) mass is 457 g/mol. The van der Waals surface area contributed by atoms with Crippen LogP contribution in [0.2, 0.25) is 0 Å². The molecule has 0 bridgehead atoms. The van der Waals surface area contributed by atoms with Crippen LogP contribution in [-0.4, -0.2) is 32.2 Å². The number of carbonyl (C=O) groups is 1. The van der Waals surface area contributed by atoms with Gasteiger partial charge in [0.2, 0.25) is 11.5 Å². The molecule has 0 spiro atoms. The molecule has 0 saturated heterocycles. The summed E-state index contributed by atoms with van der Waals surface area (Å²) >= 11 is 0. The standard InChI is InChI=1S/C25H20FN5O3/c1-15-10-11-19-20(12-15)30(14-16-6-5-7-17(26)13-16)25(33)23-28-22(29-31(19)23)24(32)27-18-8-3-4-9-21(18)34-2/h3-13H,14H2,1-2H3,(H,27,32). The van der Waals surface area contributed by atoms with Crippen molar-refractivity contribution in [3.8, 4) is 5.75 Å². The van der Waals surface area contributed by atoms with E-state index in [-0.39, 0.29) is 23.8 Å². The van der Waals surface area contributed by atoms with Gasteiger partial charge < -0.3 is 10.1 Å². The number of ether oxygens (including phenoxy) is 1. The lowest BCUT2D eigenvalue weighted by atomic mass is 10.2. The molecule has 1 N–H and O–H groups in total. The number of fused-ring (bicyclic) bond motifs is 3. The zero-order chi connectivity index (χ0) is 23.8. The summed E-state index contributed by atoms with van der Waals surface area (Å²) in [5.74, 6) is -0.638. The lowest BCUT2D eigenvalue weighted by Crippen LogP contribution is -2.24. The zero-order valence-electron chi connectivity index (χ0n) is 18.4. The van der Waals surface area contributed by atoms with Crippen molar-refractivity contribution in [2.24, 2.45) is 0 Å². The van der Waals surface area contributed by atoms with Crippen LogP contribution in [0.3, 0.4) is 0 Å². The summed E-state index contributed by atoms with van der Waals surface area (Å²) in [4.78, 5) is 30.6. The third-order valence-corrected chi connectivity index (χ3v) is 5.48. The average molecular weight is 457 g/mol. The fourth-order valence-electron chi connectivity index (χ4n) is 3.87. The highest BCUT2D eigenvalue weighted by Gasteiger charge is 2.20. The summed E-state index contributed by atoms with van der Waals surface area (Å²) in [5.41, 5.74) is 2.78. The molecular weight excluding hydrogens is 437 g/mol. The molecule has 2 aromatic heterocycles. The van der Waals surface area contributed by atoms with Gasteiger partial charge in [0, 0.05) is 0 Å². The second-order valence-corrected chi connectivity index (χ2v) is 7.84. The van der Waals surface area contributed by atoms with Gasteiger partial charge in [-0.15, -0.1) is 5.10 Å². The molecule has 0 aliphatic rings. The van der Waals surface area contributed by atoms with Crippen LogP contribution in [0.15, 0.2) is 71.5 Å². The van der Waals surface area contributed by atoms with Crippen LogP contribution >= 0.6 is 0 Å². The molecule has 0 fully saturated rings. The first-order valence-electron chi connectivity index (χ1n) is 10.5. The fraction of sp³-hybridized carbons (Fsp3) is 0.120. The van der Waals surface area contributed by atoms with E-state index in [1.807, 2.05) is 25.1 Å². The van der Waals surface area contributed by atoms with E-state index in [1.165, 1.54) is 28.3 Å². The molecule has 3 aromatic carbocycles. The highest BCUT2D eigenvalue weighted by Crippen LogP contribution is 2.24. The van der Waals surface area contributed by atoms with Crippen LogP contribution in [-0.2, 0) is 6.54 Å². The summed E-state index contributed by atoms with van der Waals surface area (Å²) < 4.78 is 21.9. The Hall–Kier alpha value is -4.53. The van der Waals surface area contributed by atoms with Gasteiger partial charge in [0.1, 0.15) is 11.6 Å². The predicted octanol–water partition coefficient (Wildman–Crippen LogP) is 3.80. The minimum atomic E-state index is -0.579. The lowest BCUT2D eigenvalue weighted by Gasteiger charge is -2.12. The molecule has 1 amide bonds. The van der Waals surface area contributed by atoms with Gasteiger partial charge in [0.15, 0.2) is 0 Å². The first kappa shape index (κ1) is 21.3. The van der Waals surface area contributed by atoms with Crippen molar-refractivity contribution < 1.29 is 13.9 Å². The fourth-order valence-corrected chi connectivity index (χ4v) is 3.87. The maximum atomic E-state index is 13.8. The largest absolute Gasteiger partial charge is 0.495 e. The number of carbonyl (C=O) groups excluding carboxylic acids is 1. The number of benzene rings is 3. The maximum Gasteiger partial charge on any atom is 0.296 e. The normalized spacial score (nSPS) is 11.1. The highest BCUT2D eigenvalue weighted by molar-refractivity contribution is 6.02. The SMILES string of the molecule is COc1ccccc1NC(=O)c1nc2c(=O)n(Cc3cccc(F)c3)c3cc(C)ccc3n2n1. The average Bonchev–Trinajstić information content (AvgIpc) is 3.28. The molecule has 0 saturated carbocycles. The van der Waals surface area contributed by atoms with Gasteiger partial charge in [-0.3, -0.25) is 14.2 Å². The summed E-state index contributed by atoms with van der Waals surface area (Å²) in [7, 11) is 1.50. The Bertz CT molecular complexity index is 1620. The van der Waals surface area contributed by atoms with Crippen LogP contribution in [0.25, 0.3) is 16.7 Å². The van der Waals surface area contributed by atoms with Crippen molar-refractivity contribution in [1.82, 2.24) is 19.2 Å². The van der Waals surface area contributed by atoms with Crippen molar-refractivity contribution in [3.05, 3.63) is 99.9 Å². The summed E-state index contributed by atoms with van der Waals surface area (Å²) in [6.07, 6.45) is 0. The number of para-hydroxylation sites is 2. The number of hydrogen-bond acceptors (Lipinski definition) is 5. The predicted molar refractivity (Wildman–Crippen MR) is 126 cm³/mol. The molecule has 5 aromatic rings. The number of amides is 1. The molecule has 0 unspecified atom stereocenters. The summed E-state index contributed by atoms with van der Waals surface area (Å²) in [6, 6.07) is 18.6. The number of rotatable bonds is 5. The Morgan fingerprint density at radius 2 is 1.88 bits per heavy atom. The molecular formula is C25H20FN5O3. The number of anilines is 1. The van der Waals surface area contributed by atoms with E-state index in [1.54, 1.807) is 36.4 Å². The van der Waals surface area contributed by atoms with Crippen molar-refractivity contribution in [3.63, 3.8) is 0 Å². The second kappa shape index (κ2) is 8.43. The third kappa shape index (κ3) is 3.77. The van der Waals surface area contributed by atoms with E-state index in [2.05, 4.69) is 15.4 Å². The number of aryl methyl sites for hydroxylation is 1. The Labute approximate surface area is 193 Å². The molecule has 9 heteroatoms. The van der Waals surface area contributed by atoms with E-state index >= 15 is 0 Å². The van der Waals surface area contributed by atoms with Crippen molar-refractivity contribution >= 4 is 28.3 Å². The topological polar surface area (TPSA) is 90.5 Å². The van der Waals surface area contributed by atoms with E-state index in [0.29, 0.717) is 28.0 Å². The Balaban J connectivity index is 1.64. The Kier molecular flexibility index (Phi) is 5.29. The molecule has 170 valence electrons. The zero-order valence-corrected chi connectivity index (χ0v) is 18.4. The highest BCUT2D eigenvalue weighted by atomic mass is 19.1. The van der Waals surface area contributed by atoms with Gasteiger partial charge in [-0.2, -0.15) is 4.98 Å². The van der Waals surface area contributed by atoms with Crippen LogP contribution in [0.4, 0.5) is 10.1 Å². The number of aromatic nitrogens is 4. The quantitative estimate of drug-likeness (QED) is 0.434. The van der Waals surface area contributed by atoms with Crippen LogP contribution in [0.1, 0.15) is 21.7 Å². The van der Waals surface area contributed by atoms with Crippen LogP contribution < -0.4 is 15.6 Å². The van der Waals surface area contributed by atoms with Crippen molar-refractivity contribution in [2.75, 3.05) is 12.4 Å². The number of nitrogens with one attached hydrogen (secondary N) is 1. The Morgan fingerprint density at radius 3 is 2.68 bits per heavy atom. The molecule has 2 heterocycles. The molecule has 34 heavy (non-hydrogen) atoms.